The fraction of sp³-hybridized carbons (Fsp3) is 0.364. The second kappa shape index (κ2) is 4.31. The van der Waals surface area contributed by atoms with E-state index in [0.29, 0.717) is 5.56 Å². The molecule has 4 heteroatoms. The smallest absolute Gasteiger partial charge is 0.325 e. The molecule has 3 N–H and O–H groups in total. The first kappa shape index (κ1) is 11.5. The molecule has 82 valence electrons. The highest BCUT2D eigenvalue weighted by atomic mass is 16.4. The van der Waals surface area contributed by atoms with Gasteiger partial charge in [0.2, 0.25) is 0 Å². The first-order chi connectivity index (χ1) is 6.93. The minimum absolute atomic E-state index is 0.660. The number of aliphatic carboxylic acids is 1. The Bertz CT molecular complexity index is 375. The van der Waals surface area contributed by atoms with E-state index in [1.165, 1.54) is 0 Å². The van der Waals surface area contributed by atoms with Gasteiger partial charge < -0.3 is 15.7 Å². The van der Waals surface area contributed by atoms with Crippen LogP contribution in [-0.2, 0) is 4.79 Å². The van der Waals surface area contributed by atoms with Crippen LogP contribution in [0.5, 0.6) is 0 Å². The zero-order valence-electron chi connectivity index (χ0n) is 9.19. The fourth-order valence-electron chi connectivity index (χ4n) is 1.42. The quantitative estimate of drug-likeness (QED) is 0.781. The second-order valence-corrected chi connectivity index (χ2v) is 3.75. The van der Waals surface area contributed by atoms with Crippen molar-refractivity contribution >= 4 is 11.7 Å². The molecule has 0 bridgehead atoms. The first-order valence-corrected chi connectivity index (χ1v) is 4.69. The standard InChI is InChI=1S/C11H16N2O2/c1-7-6-8(13(2)3)4-5-9(7)10(12)11(14)15/h4-6,10H,12H2,1-3H3,(H,14,15)/t10-/m1/s1. The van der Waals surface area contributed by atoms with Gasteiger partial charge in [-0.15, -0.1) is 0 Å². The number of anilines is 1. The summed E-state index contributed by atoms with van der Waals surface area (Å²) in [5.74, 6) is -1.00. The van der Waals surface area contributed by atoms with Crippen LogP contribution in [0.2, 0.25) is 0 Å². The number of nitrogens with zero attached hydrogens (tertiary/aromatic N) is 1. The van der Waals surface area contributed by atoms with Gasteiger partial charge in [-0.05, 0) is 30.2 Å². The number of rotatable bonds is 3. The van der Waals surface area contributed by atoms with E-state index in [0.717, 1.165) is 11.3 Å². The number of aryl methyl sites for hydroxylation is 1. The topological polar surface area (TPSA) is 66.6 Å². The van der Waals surface area contributed by atoms with Crippen LogP contribution in [0.3, 0.4) is 0 Å². The lowest BCUT2D eigenvalue weighted by Gasteiger charge is -2.16. The summed E-state index contributed by atoms with van der Waals surface area (Å²) < 4.78 is 0. The minimum Gasteiger partial charge on any atom is -0.480 e. The highest BCUT2D eigenvalue weighted by molar-refractivity contribution is 5.76. The van der Waals surface area contributed by atoms with Crippen LogP contribution in [0.4, 0.5) is 5.69 Å². The molecule has 0 aliphatic heterocycles. The van der Waals surface area contributed by atoms with Gasteiger partial charge in [-0.1, -0.05) is 6.07 Å². The van der Waals surface area contributed by atoms with Crippen molar-refractivity contribution < 1.29 is 9.90 Å². The molecule has 0 amide bonds. The Hall–Kier alpha value is -1.55. The number of hydrogen-bond donors (Lipinski definition) is 2. The third-order valence-corrected chi connectivity index (χ3v) is 2.37. The highest BCUT2D eigenvalue weighted by Gasteiger charge is 2.16. The van der Waals surface area contributed by atoms with E-state index in [1.54, 1.807) is 6.07 Å². The van der Waals surface area contributed by atoms with E-state index < -0.39 is 12.0 Å². The number of carbonyl (C=O) groups is 1. The van der Waals surface area contributed by atoms with Crippen molar-refractivity contribution in [1.29, 1.82) is 0 Å². The van der Waals surface area contributed by atoms with Gasteiger partial charge in [0.25, 0.3) is 0 Å². The molecule has 4 nitrogen and oxygen atoms in total. The molecule has 0 unspecified atom stereocenters. The van der Waals surface area contributed by atoms with Crippen LogP contribution in [0.15, 0.2) is 18.2 Å². The number of hydrogen-bond acceptors (Lipinski definition) is 3. The Kier molecular flexibility index (Phi) is 3.31. The second-order valence-electron chi connectivity index (χ2n) is 3.75. The maximum absolute atomic E-state index is 10.7. The Morgan fingerprint density at radius 3 is 2.47 bits per heavy atom. The Balaban J connectivity index is 3.08. The monoisotopic (exact) mass is 208 g/mol. The van der Waals surface area contributed by atoms with Gasteiger partial charge in [-0.2, -0.15) is 0 Å². The lowest BCUT2D eigenvalue weighted by Crippen LogP contribution is -2.21. The van der Waals surface area contributed by atoms with Crippen molar-refractivity contribution in [2.24, 2.45) is 5.73 Å². The lowest BCUT2D eigenvalue weighted by atomic mass is 10.0. The van der Waals surface area contributed by atoms with Crippen LogP contribution in [0, 0.1) is 6.92 Å². The Labute approximate surface area is 89.3 Å². The van der Waals surface area contributed by atoms with E-state index in [9.17, 15) is 4.79 Å². The number of carboxylic acid groups (broad SMARTS) is 1. The van der Waals surface area contributed by atoms with Gasteiger partial charge in [-0.25, -0.2) is 0 Å². The molecule has 0 aliphatic carbocycles. The van der Waals surface area contributed by atoms with Gasteiger partial charge in [-0.3, -0.25) is 4.79 Å². The summed E-state index contributed by atoms with van der Waals surface area (Å²) in [6, 6.07) is 4.62. The summed E-state index contributed by atoms with van der Waals surface area (Å²) in [7, 11) is 3.87. The van der Waals surface area contributed by atoms with Gasteiger partial charge >= 0.3 is 5.97 Å². The summed E-state index contributed by atoms with van der Waals surface area (Å²) >= 11 is 0. The predicted octanol–water partition coefficient (Wildman–Crippen LogP) is 1.15. The van der Waals surface area contributed by atoms with Crippen molar-refractivity contribution in [3.8, 4) is 0 Å². The maximum atomic E-state index is 10.7. The largest absolute Gasteiger partial charge is 0.480 e. The van der Waals surface area contributed by atoms with Gasteiger partial charge in [0.05, 0.1) is 0 Å². The molecule has 0 fully saturated rings. The summed E-state index contributed by atoms with van der Waals surface area (Å²) in [4.78, 5) is 12.7. The summed E-state index contributed by atoms with van der Waals surface area (Å²) in [6.45, 7) is 1.87. The number of benzene rings is 1. The van der Waals surface area contributed by atoms with Crippen LogP contribution in [0.1, 0.15) is 17.2 Å². The molecule has 1 aromatic carbocycles. The molecule has 0 radical (unpaired) electrons. The van der Waals surface area contributed by atoms with Crippen LogP contribution in [0.25, 0.3) is 0 Å². The minimum atomic E-state index is -1.00. The zero-order valence-corrected chi connectivity index (χ0v) is 9.19. The first-order valence-electron chi connectivity index (χ1n) is 4.69. The summed E-state index contributed by atoms with van der Waals surface area (Å²) in [5.41, 5.74) is 8.15. The van der Waals surface area contributed by atoms with Crippen molar-refractivity contribution in [3.63, 3.8) is 0 Å². The zero-order chi connectivity index (χ0) is 11.6. The van der Waals surface area contributed by atoms with Gasteiger partial charge in [0, 0.05) is 19.8 Å². The van der Waals surface area contributed by atoms with E-state index in [1.807, 2.05) is 38.1 Å². The molecule has 1 rings (SSSR count). The molecule has 1 atom stereocenters. The number of carboxylic acids is 1. The average Bonchev–Trinajstić information content (AvgIpc) is 2.16. The molecular formula is C11H16N2O2. The lowest BCUT2D eigenvalue weighted by molar-refractivity contribution is -0.138. The molecule has 0 saturated heterocycles. The third-order valence-electron chi connectivity index (χ3n) is 2.37. The van der Waals surface area contributed by atoms with Crippen LogP contribution in [-0.4, -0.2) is 25.2 Å². The predicted molar refractivity (Wildman–Crippen MR) is 60.1 cm³/mol. The Morgan fingerprint density at radius 2 is 2.07 bits per heavy atom. The van der Waals surface area contributed by atoms with Crippen LogP contribution >= 0.6 is 0 Å². The highest BCUT2D eigenvalue weighted by Crippen LogP contribution is 2.21. The Morgan fingerprint density at radius 1 is 1.47 bits per heavy atom. The fourth-order valence-corrected chi connectivity index (χ4v) is 1.42. The molecule has 0 aromatic heterocycles. The van der Waals surface area contributed by atoms with Crippen molar-refractivity contribution in [1.82, 2.24) is 0 Å². The van der Waals surface area contributed by atoms with Crippen LogP contribution < -0.4 is 10.6 Å². The SMILES string of the molecule is Cc1cc(N(C)C)ccc1[C@@H](N)C(=O)O. The molecule has 15 heavy (non-hydrogen) atoms. The van der Waals surface area contributed by atoms with Crippen molar-refractivity contribution in [2.45, 2.75) is 13.0 Å². The average molecular weight is 208 g/mol. The van der Waals surface area contributed by atoms with Gasteiger partial charge in [0.1, 0.15) is 6.04 Å². The van der Waals surface area contributed by atoms with E-state index in [4.69, 9.17) is 10.8 Å². The summed E-state index contributed by atoms with van der Waals surface area (Å²) in [5, 5.41) is 8.80. The molecule has 0 spiro atoms. The third kappa shape index (κ3) is 2.47. The van der Waals surface area contributed by atoms with E-state index in [-0.39, 0.29) is 0 Å². The van der Waals surface area contributed by atoms with Crippen molar-refractivity contribution in [2.75, 3.05) is 19.0 Å². The van der Waals surface area contributed by atoms with E-state index >= 15 is 0 Å². The molecule has 1 aromatic rings. The molecule has 0 aliphatic rings. The van der Waals surface area contributed by atoms with Crippen molar-refractivity contribution in [3.05, 3.63) is 29.3 Å². The normalized spacial score (nSPS) is 12.3. The number of nitrogens with two attached hydrogens (primary N) is 1. The molecule has 0 heterocycles. The van der Waals surface area contributed by atoms with E-state index in [2.05, 4.69) is 0 Å². The summed E-state index contributed by atoms with van der Waals surface area (Å²) in [6.07, 6.45) is 0. The maximum Gasteiger partial charge on any atom is 0.325 e. The molecule has 0 saturated carbocycles. The van der Waals surface area contributed by atoms with Gasteiger partial charge in [0.15, 0.2) is 0 Å². The molecular weight excluding hydrogens is 192 g/mol.